The zero-order valence-corrected chi connectivity index (χ0v) is 14.1. The Hall–Kier alpha value is -2.05. The van der Waals surface area contributed by atoms with E-state index in [-0.39, 0.29) is 11.4 Å². The van der Waals surface area contributed by atoms with Gasteiger partial charge >= 0.3 is 0 Å². The molecule has 0 aliphatic heterocycles. The Morgan fingerprint density at radius 2 is 1.74 bits per heavy atom. The molecule has 5 nitrogen and oxygen atoms in total. The van der Waals surface area contributed by atoms with Crippen LogP contribution >= 0.6 is 0 Å². The summed E-state index contributed by atoms with van der Waals surface area (Å²) in [6.07, 6.45) is 0.903. The van der Waals surface area contributed by atoms with E-state index in [4.69, 9.17) is 9.47 Å². The zero-order valence-electron chi connectivity index (χ0n) is 13.3. The molecule has 0 radical (unpaired) electrons. The van der Waals surface area contributed by atoms with Gasteiger partial charge in [0, 0.05) is 12.1 Å². The van der Waals surface area contributed by atoms with Gasteiger partial charge < -0.3 is 9.47 Å². The minimum atomic E-state index is -3.58. The summed E-state index contributed by atoms with van der Waals surface area (Å²) in [6, 6.07) is 13.7. The lowest BCUT2D eigenvalue weighted by Crippen LogP contribution is -2.23. The summed E-state index contributed by atoms with van der Waals surface area (Å²) in [4.78, 5) is 0.205. The summed E-state index contributed by atoms with van der Waals surface area (Å²) < 4.78 is 37.9. The molecule has 0 spiro atoms. The maximum Gasteiger partial charge on any atom is 0.240 e. The maximum atomic E-state index is 12.3. The summed E-state index contributed by atoms with van der Waals surface area (Å²) in [7, 11) is -2.02. The predicted molar refractivity (Wildman–Crippen MR) is 89.2 cm³/mol. The fraction of sp³-hybridized carbons (Fsp3) is 0.294. The van der Waals surface area contributed by atoms with Crippen LogP contribution in [0.1, 0.15) is 18.9 Å². The molecule has 1 N–H and O–H groups in total. The van der Waals surface area contributed by atoms with Crippen LogP contribution in [0.25, 0.3) is 0 Å². The monoisotopic (exact) mass is 335 g/mol. The van der Waals surface area contributed by atoms with Gasteiger partial charge in [-0.05, 0) is 36.8 Å². The van der Waals surface area contributed by atoms with Crippen molar-refractivity contribution in [3.8, 4) is 11.5 Å². The number of benzene rings is 2. The number of para-hydroxylation sites is 1. The van der Waals surface area contributed by atoms with Crippen LogP contribution < -0.4 is 14.2 Å². The number of sulfonamides is 1. The first-order valence-corrected chi connectivity index (χ1v) is 8.89. The average molecular weight is 335 g/mol. The summed E-state index contributed by atoms with van der Waals surface area (Å²) in [5, 5.41) is 0. The first kappa shape index (κ1) is 17.3. The Morgan fingerprint density at radius 3 is 2.39 bits per heavy atom. The highest BCUT2D eigenvalue weighted by Crippen LogP contribution is 2.19. The lowest BCUT2D eigenvalue weighted by Gasteiger charge is -2.11. The number of hydrogen-bond acceptors (Lipinski definition) is 4. The molecule has 0 heterocycles. The molecule has 2 aromatic carbocycles. The predicted octanol–water partition coefficient (Wildman–Crippen LogP) is 2.96. The van der Waals surface area contributed by atoms with Gasteiger partial charge in [0.05, 0.1) is 18.6 Å². The minimum Gasteiger partial charge on any atom is -0.496 e. The third-order valence-corrected chi connectivity index (χ3v) is 4.67. The van der Waals surface area contributed by atoms with Crippen LogP contribution in [0.3, 0.4) is 0 Å². The van der Waals surface area contributed by atoms with E-state index in [1.807, 2.05) is 25.1 Å². The molecule has 6 heteroatoms. The first-order chi connectivity index (χ1) is 11.1. The van der Waals surface area contributed by atoms with E-state index in [1.54, 1.807) is 25.3 Å². The van der Waals surface area contributed by atoms with Crippen molar-refractivity contribution in [2.45, 2.75) is 24.8 Å². The van der Waals surface area contributed by atoms with E-state index in [9.17, 15) is 8.42 Å². The van der Waals surface area contributed by atoms with Crippen LogP contribution in [0.15, 0.2) is 53.4 Å². The lowest BCUT2D eigenvalue weighted by atomic mass is 10.2. The standard InChI is InChI=1S/C17H21NO4S/c1-3-12-22-15-8-10-16(11-9-15)23(19,20)18-13-14-6-4-5-7-17(14)21-2/h4-11,18H,3,12-13H2,1-2H3. The van der Waals surface area contributed by atoms with Crippen LogP contribution in [0.4, 0.5) is 0 Å². The lowest BCUT2D eigenvalue weighted by molar-refractivity contribution is 0.317. The quantitative estimate of drug-likeness (QED) is 0.805. The van der Waals surface area contributed by atoms with E-state index in [0.717, 1.165) is 12.0 Å². The third-order valence-electron chi connectivity index (χ3n) is 3.25. The van der Waals surface area contributed by atoms with Crippen molar-refractivity contribution in [2.24, 2.45) is 0 Å². The van der Waals surface area contributed by atoms with Crippen molar-refractivity contribution in [3.05, 3.63) is 54.1 Å². The van der Waals surface area contributed by atoms with Gasteiger partial charge in [0.15, 0.2) is 0 Å². The SMILES string of the molecule is CCCOc1ccc(S(=O)(=O)NCc2ccccc2OC)cc1. The molecule has 124 valence electrons. The highest BCUT2D eigenvalue weighted by molar-refractivity contribution is 7.89. The molecule has 0 saturated heterocycles. The van der Waals surface area contributed by atoms with Crippen molar-refractivity contribution in [1.29, 1.82) is 0 Å². The number of methoxy groups -OCH3 is 1. The number of nitrogens with one attached hydrogen (secondary N) is 1. The molecule has 0 aliphatic rings. The second-order valence-corrected chi connectivity index (χ2v) is 6.72. The molecule has 2 rings (SSSR count). The van der Waals surface area contributed by atoms with Crippen molar-refractivity contribution in [1.82, 2.24) is 4.72 Å². The molecule has 0 aromatic heterocycles. The Labute approximate surface area is 137 Å². The van der Waals surface area contributed by atoms with Gasteiger partial charge in [-0.1, -0.05) is 25.1 Å². The minimum absolute atomic E-state index is 0.167. The van der Waals surface area contributed by atoms with Crippen molar-refractivity contribution < 1.29 is 17.9 Å². The molecular weight excluding hydrogens is 314 g/mol. The third kappa shape index (κ3) is 4.71. The number of hydrogen-bond donors (Lipinski definition) is 1. The molecule has 0 bridgehead atoms. The molecule has 0 unspecified atom stereocenters. The maximum absolute atomic E-state index is 12.3. The zero-order chi connectivity index (χ0) is 16.7. The van der Waals surface area contributed by atoms with Crippen LogP contribution in [0.5, 0.6) is 11.5 Å². The fourth-order valence-electron chi connectivity index (χ4n) is 2.04. The second kappa shape index (κ2) is 7.99. The van der Waals surface area contributed by atoms with Gasteiger partial charge in [-0.15, -0.1) is 0 Å². The van der Waals surface area contributed by atoms with Gasteiger partial charge in [-0.2, -0.15) is 0 Å². The Kier molecular flexibility index (Phi) is 6.01. The van der Waals surface area contributed by atoms with Gasteiger partial charge in [0.25, 0.3) is 0 Å². The molecule has 0 atom stereocenters. The van der Waals surface area contributed by atoms with E-state index in [0.29, 0.717) is 18.1 Å². The molecule has 0 amide bonds. The first-order valence-electron chi connectivity index (χ1n) is 7.41. The topological polar surface area (TPSA) is 64.6 Å². The summed E-state index contributed by atoms with van der Waals surface area (Å²) >= 11 is 0. The summed E-state index contributed by atoms with van der Waals surface area (Å²) in [5.41, 5.74) is 0.779. The van der Waals surface area contributed by atoms with E-state index < -0.39 is 10.0 Å². The highest BCUT2D eigenvalue weighted by atomic mass is 32.2. The molecular formula is C17H21NO4S. The molecule has 0 fully saturated rings. The van der Waals surface area contributed by atoms with Crippen molar-refractivity contribution in [3.63, 3.8) is 0 Å². The van der Waals surface area contributed by atoms with E-state index >= 15 is 0 Å². The van der Waals surface area contributed by atoms with E-state index in [1.165, 1.54) is 12.1 Å². The van der Waals surface area contributed by atoms with Crippen LogP contribution in [-0.2, 0) is 16.6 Å². The van der Waals surface area contributed by atoms with Gasteiger partial charge in [0.1, 0.15) is 11.5 Å². The summed E-state index contributed by atoms with van der Waals surface area (Å²) in [6.45, 7) is 2.79. The summed E-state index contributed by atoms with van der Waals surface area (Å²) in [5.74, 6) is 1.31. The molecule has 0 aliphatic carbocycles. The van der Waals surface area contributed by atoms with Gasteiger partial charge in [-0.3, -0.25) is 0 Å². The van der Waals surface area contributed by atoms with Crippen molar-refractivity contribution >= 4 is 10.0 Å². The Balaban J connectivity index is 2.06. The van der Waals surface area contributed by atoms with E-state index in [2.05, 4.69) is 4.72 Å². The van der Waals surface area contributed by atoms with Gasteiger partial charge in [0.2, 0.25) is 10.0 Å². The number of ether oxygens (including phenoxy) is 2. The fourth-order valence-corrected chi connectivity index (χ4v) is 3.05. The second-order valence-electron chi connectivity index (χ2n) is 4.96. The normalized spacial score (nSPS) is 11.2. The molecule has 0 saturated carbocycles. The number of rotatable bonds is 8. The Morgan fingerprint density at radius 1 is 1.04 bits per heavy atom. The average Bonchev–Trinajstić information content (AvgIpc) is 2.59. The molecule has 2 aromatic rings. The van der Waals surface area contributed by atoms with Crippen LogP contribution in [-0.4, -0.2) is 22.1 Å². The largest absolute Gasteiger partial charge is 0.496 e. The molecule has 23 heavy (non-hydrogen) atoms. The highest BCUT2D eigenvalue weighted by Gasteiger charge is 2.14. The van der Waals surface area contributed by atoms with Gasteiger partial charge in [-0.25, -0.2) is 13.1 Å². The van der Waals surface area contributed by atoms with Crippen LogP contribution in [0, 0.1) is 0 Å². The van der Waals surface area contributed by atoms with Crippen molar-refractivity contribution in [2.75, 3.05) is 13.7 Å². The Bertz CT molecular complexity index is 727. The van der Waals surface area contributed by atoms with Crippen LogP contribution in [0.2, 0.25) is 0 Å². The smallest absolute Gasteiger partial charge is 0.240 e.